The molecule has 0 bridgehead atoms. The molecule has 0 amide bonds. The highest BCUT2D eigenvalue weighted by atomic mass is 16.5. The number of rotatable bonds is 3. The van der Waals surface area contributed by atoms with Crippen LogP contribution < -0.4 is 4.74 Å². The molecule has 2 aromatic rings. The molecule has 1 aliphatic heterocycles. The summed E-state index contributed by atoms with van der Waals surface area (Å²) in [5.74, 6) is 0.899. The highest BCUT2D eigenvalue weighted by molar-refractivity contribution is 6.09. The van der Waals surface area contributed by atoms with E-state index in [0.717, 1.165) is 29.1 Å². The molecule has 1 aromatic heterocycles. The molecule has 4 heteroatoms. The lowest BCUT2D eigenvalue weighted by Gasteiger charge is -2.07. The van der Waals surface area contributed by atoms with Gasteiger partial charge in [-0.15, -0.1) is 0 Å². The van der Waals surface area contributed by atoms with Crippen molar-refractivity contribution in [1.29, 1.82) is 0 Å². The fourth-order valence-corrected chi connectivity index (χ4v) is 2.46. The maximum Gasteiger partial charge on any atom is 0.195 e. The van der Waals surface area contributed by atoms with Crippen LogP contribution in [-0.2, 0) is 12.8 Å². The smallest absolute Gasteiger partial charge is 0.195 e. The number of ketones is 1. The minimum Gasteiger partial charge on any atom is -0.493 e. The van der Waals surface area contributed by atoms with Gasteiger partial charge in [0.1, 0.15) is 5.75 Å². The zero-order valence-electron chi connectivity index (χ0n) is 11.6. The van der Waals surface area contributed by atoms with Crippen molar-refractivity contribution in [3.63, 3.8) is 0 Å². The summed E-state index contributed by atoms with van der Waals surface area (Å²) in [5, 5.41) is 8.14. The van der Waals surface area contributed by atoms with Gasteiger partial charge in [0.15, 0.2) is 5.78 Å². The Hall–Kier alpha value is -2.23. The molecule has 2 heterocycles. The maximum atomic E-state index is 12.7. The van der Waals surface area contributed by atoms with E-state index in [4.69, 9.17) is 4.74 Å². The first-order valence-corrected chi connectivity index (χ1v) is 6.82. The average Bonchev–Trinajstić information content (AvgIpc) is 2.93. The monoisotopic (exact) mass is 268 g/mol. The maximum absolute atomic E-state index is 12.7. The number of carbonyl (C=O) groups is 1. The van der Waals surface area contributed by atoms with Crippen molar-refractivity contribution in [2.24, 2.45) is 0 Å². The molecule has 0 radical (unpaired) electrons. The van der Waals surface area contributed by atoms with E-state index in [-0.39, 0.29) is 5.78 Å². The van der Waals surface area contributed by atoms with E-state index in [2.05, 4.69) is 10.2 Å². The lowest BCUT2D eigenvalue weighted by atomic mass is 9.98. The number of ether oxygens (including phenoxy) is 1. The second-order valence-corrected chi connectivity index (χ2v) is 4.95. The molecular formula is C16H16N2O2. The molecule has 0 N–H and O–H groups in total. The van der Waals surface area contributed by atoms with E-state index in [1.165, 1.54) is 0 Å². The summed E-state index contributed by atoms with van der Waals surface area (Å²) in [6.45, 7) is 4.52. The molecule has 0 atom stereocenters. The molecule has 20 heavy (non-hydrogen) atoms. The molecule has 1 aromatic carbocycles. The predicted octanol–water partition coefficient (Wildman–Crippen LogP) is 2.51. The number of hydrogen-bond donors (Lipinski definition) is 0. The second-order valence-electron chi connectivity index (χ2n) is 4.95. The number of aryl methyl sites for hydroxylation is 2. The molecule has 0 saturated heterocycles. The zero-order chi connectivity index (χ0) is 14.1. The van der Waals surface area contributed by atoms with Crippen molar-refractivity contribution in [3.8, 4) is 5.75 Å². The van der Waals surface area contributed by atoms with Crippen LogP contribution >= 0.6 is 0 Å². The Labute approximate surface area is 117 Å². The van der Waals surface area contributed by atoms with Gasteiger partial charge in [-0.2, -0.15) is 10.2 Å². The molecular weight excluding hydrogens is 252 g/mol. The Bertz CT molecular complexity index is 680. The van der Waals surface area contributed by atoms with Crippen LogP contribution in [0, 0.1) is 6.92 Å². The van der Waals surface area contributed by atoms with Crippen molar-refractivity contribution in [2.45, 2.75) is 26.7 Å². The van der Waals surface area contributed by atoms with Gasteiger partial charge in [-0.3, -0.25) is 4.79 Å². The molecule has 0 spiro atoms. The molecule has 0 unspecified atom stereocenters. The fourth-order valence-electron chi connectivity index (χ4n) is 2.46. The lowest BCUT2D eigenvalue weighted by molar-refractivity contribution is 0.103. The summed E-state index contributed by atoms with van der Waals surface area (Å²) >= 11 is 0. The van der Waals surface area contributed by atoms with E-state index in [1.54, 1.807) is 0 Å². The summed E-state index contributed by atoms with van der Waals surface area (Å²) < 4.78 is 5.47. The predicted molar refractivity (Wildman–Crippen MR) is 75.2 cm³/mol. The van der Waals surface area contributed by atoms with E-state index in [0.29, 0.717) is 24.2 Å². The van der Waals surface area contributed by atoms with Crippen LogP contribution in [0.2, 0.25) is 0 Å². The normalized spacial score (nSPS) is 12.9. The number of fused-ring (bicyclic) bond motifs is 1. The summed E-state index contributed by atoms with van der Waals surface area (Å²) in [6, 6.07) is 7.45. The van der Waals surface area contributed by atoms with E-state index in [9.17, 15) is 4.79 Å². The highest BCUT2D eigenvalue weighted by Gasteiger charge is 2.18. The van der Waals surface area contributed by atoms with Crippen molar-refractivity contribution in [3.05, 3.63) is 52.3 Å². The first-order valence-electron chi connectivity index (χ1n) is 6.82. The largest absolute Gasteiger partial charge is 0.493 e. The Morgan fingerprint density at radius 2 is 2.15 bits per heavy atom. The molecule has 3 rings (SSSR count). The van der Waals surface area contributed by atoms with Crippen LogP contribution in [0.25, 0.3) is 0 Å². The van der Waals surface area contributed by atoms with Gasteiger partial charge < -0.3 is 4.74 Å². The molecule has 4 nitrogen and oxygen atoms in total. The summed E-state index contributed by atoms with van der Waals surface area (Å²) in [5.41, 5.74) is 3.95. The Balaban J connectivity index is 2.02. The Kier molecular flexibility index (Phi) is 3.22. The number of carbonyl (C=O) groups excluding carboxylic acids is 1. The first kappa shape index (κ1) is 12.8. The standard InChI is InChI=1S/C16H16N2O2/c1-3-14-13(8-10(2)17-18-14)16(19)12-4-5-15-11(9-12)6-7-20-15/h4-5,8-9H,3,6-7H2,1-2H3. The summed E-state index contributed by atoms with van der Waals surface area (Å²) in [7, 11) is 0. The van der Waals surface area contributed by atoms with E-state index in [1.807, 2.05) is 38.1 Å². The van der Waals surface area contributed by atoms with Gasteiger partial charge in [0, 0.05) is 17.5 Å². The van der Waals surface area contributed by atoms with Crippen LogP contribution in [0.3, 0.4) is 0 Å². The Morgan fingerprint density at radius 1 is 1.30 bits per heavy atom. The summed E-state index contributed by atoms with van der Waals surface area (Å²) in [4.78, 5) is 12.7. The molecule has 0 saturated carbocycles. The van der Waals surface area contributed by atoms with Crippen molar-refractivity contribution in [2.75, 3.05) is 6.61 Å². The van der Waals surface area contributed by atoms with Crippen molar-refractivity contribution < 1.29 is 9.53 Å². The van der Waals surface area contributed by atoms with Crippen LogP contribution in [-0.4, -0.2) is 22.6 Å². The SMILES string of the molecule is CCc1nnc(C)cc1C(=O)c1ccc2c(c1)CCO2. The van der Waals surface area contributed by atoms with Gasteiger partial charge in [-0.05, 0) is 43.2 Å². The van der Waals surface area contributed by atoms with Gasteiger partial charge >= 0.3 is 0 Å². The summed E-state index contributed by atoms with van der Waals surface area (Å²) in [6.07, 6.45) is 1.56. The molecule has 1 aliphatic rings. The molecule has 0 fully saturated rings. The zero-order valence-corrected chi connectivity index (χ0v) is 11.6. The third kappa shape index (κ3) is 2.18. The van der Waals surface area contributed by atoms with Crippen LogP contribution in [0.15, 0.2) is 24.3 Å². The number of nitrogens with zero attached hydrogens (tertiary/aromatic N) is 2. The second kappa shape index (κ2) is 5.04. The number of hydrogen-bond acceptors (Lipinski definition) is 4. The first-order chi connectivity index (χ1) is 9.69. The third-order valence-corrected chi connectivity index (χ3v) is 3.52. The minimum absolute atomic E-state index is 0.00884. The highest BCUT2D eigenvalue weighted by Crippen LogP contribution is 2.27. The molecule has 0 aliphatic carbocycles. The van der Waals surface area contributed by atoms with Crippen molar-refractivity contribution >= 4 is 5.78 Å². The van der Waals surface area contributed by atoms with E-state index >= 15 is 0 Å². The van der Waals surface area contributed by atoms with Crippen LogP contribution in [0.5, 0.6) is 5.75 Å². The number of benzene rings is 1. The average molecular weight is 268 g/mol. The number of aromatic nitrogens is 2. The van der Waals surface area contributed by atoms with Gasteiger partial charge in [-0.25, -0.2) is 0 Å². The lowest BCUT2D eigenvalue weighted by Crippen LogP contribution is -2.09. The van der Waals surface area contributed by atoms with Gasteiger partial charge in [-0.1, -0.05) is 6.92 Å². The molecule has 102 valence electrons. The van der Waals surface area contributed by atoms with Crippen molar-refractivity contribution in [1.82, 2.24) is 10.2 Å². The van der Waals surface area contributed by atoms with Gasteiger partial charge in [0.2, 0.25) is 0 Å². The van der Waals surface area contributed by atoms with E-state index < -0.39 is 0 Å². The minimum atomic E-state index is 0.00884. The van der Waals surface area contributed by atoms with Gasteiger partial charge in [0.25, 0.3) is 0 Å². The third-order valence-electron chi connectivity index (χ3n) is 3.52. The topological polar surface area (TPSA) is 52.1 Å². The Morgan fingerprint density at radius 3 is 2.95 bits per heavy atom. The van der Waals surface area contributed by atoms with Gasteiger partial charge in [0.05, 0.1) is 18.0 Å². The van der Waals surface area contributed by atoms with Crippen LogP contribution in [0.4, 0.5) is 0 Å². The fraction of sp³-hybridized carbons (Fsp3) is 0.312. The quantitative estimate of drug-likeness (QED) is 0.803. The van der Waals surface area contributed by atoms with Crippen LogP contribution in [0.1, 0.15) is 39.8 Å².